The number of hydrogen-bond donors (Lipinski definition) is 3. The summed E-state index contributed by atoms with van der Waals surface area (Å²) in [5, 5.41) is 13.3. The number of guanidine groups is 1. The third kappa shape index (κ3) is 6.30. The smallest absolute Gasteiger partial charge is 0.216 e. The van der Waals surface area contributed by atoms with Gasteiger partial charge in [0.1, 0.15) is 11.6 Å². The summed E-state index contributed by atoms with van der Waals surface area (Å²) in [5.74, 6) is 2.24. The molecule has 3 aromatic rings. The van der Waals surface area contributed by atoms with Crippen molar-refractivity contribution >= 4 is 45.9 Å². The number of furan rings is 1. The maximum Gasteiger partial charge on any atom is 0.216 e. The molecule has 0 fully saturated rings. The third-order valence-electron chi connectivity index (χ3n) is 3.85. The van der Waals surface area contributed by atoms with Gasteiger partial charge in [0.2, 0.25) is 5.82 Å². The van der Waals surface area contributed by atoms with E-state index in [1.165, 1.54) is 6.07 Å². The lowest BCUT2D eigenvalue weighted by Gasteiger charge is -2.11. The lowest BCUT2D eigenvalue weighted by Crippen LogP contribution is -2.37. The fourth-order valence-electron chi connectivity index (χ4n) is 2.49. The Labute approximate surface area is 187 Å². The highest BCUT2D eigenvalue weighted by Gasteiger charge is 2.08. The summed E-state index contributed by atoms with van der Waals surface area (Å²) in [6.45, 7) is 1.11. The summed E-state index contributed by atoms with van der Waals surface area (Å²) >= 11 is 3.26. The van der Waals surface area contributed by atoms with Crippen molar-refractivity contribution in [3.63, 3.8) is 0 Å². The van der Waals surface area contributed by atoms with Gasteiger partial charge in [0.05, 0.1) is 12.8 Å². The van der Waals surface area contributed by atoms with Crippen LogP contribution < -0.4 is 10.6 Å². The second-order valence-electron chi connectivity index (χ2n) is 5.77. The largest absolute Gasteiger partial charge is 0.461 e. The van der Waals surface area contributed by atoms with Gasteiger partial charge in [-0.2, -0.15) is 0 Å². The number of aromatic nitrogens is 3. The van der Waals surface area contributed by atoms with E-state index in [0.717, 1.165) is 10.9 Å². The minimum atomic E-state index is -0.190. The third-order valence-corrected chi connectivity index (χ3v) is 4.34. The van der Waals surface area contributed by atoms with Crippen molar-refractivity contribution in [2.45, 2.75) is 19.4 Å². The number of aromatic amines is 1. The van der Waals surface area contributed by atoms with Crippen LogP contribution in [-0.4, -0.2) is 34.7 Å². The molecule has 0 amide bonds. The van der Waals surface area contributed by atoms with E-state index < -0.39 is 0 Å². The predicted octanol–water partition coefficient (Wildman–Crippen LogP) is 3.88. The number of benzene rings is 1. The number of nitrogens with one attached hydrogen (secondary N) is 3. The summed E-state index contributed by atoms with van der Waals surface area (Å²) < 4.78 is 19.8. The molecular weight excluding hydrogens is 542 g/mol. The van der Waals surface area contributed by atoms with Crippen LogP contribution in [0.2, 0.25) is 0 Å². The van der Waals surface area contributed by atoms with Crippen LogP contribution in [0.3, 0.4) is 0 Å². The van der Waals surface area contributed by atoms with Crippen molar-refractivity contribution in [3.8, 4) is 11.6 Å². The van der Waals surface area contributed by atoms with Crippen molar-refractivity contribution in [2.24, 2.45) is 4.99 Å². The number of nitrogens with zero attached hydrogens (tertiary/aromatic N) is 3. The molecule has 2 heterocycles. The standard InChI is InChI=1S/C18H20BrFN6O.HI/c1-21-18(22-8-2-4-12-6-7-13(19)10-14(12)20)23-11-16-24-17(26-25-16)15-5-3-9-27-15;/h3,5-7,9-10H,2,4,8,11H2,1H3,(H2,21,22,23)(H,24,25,26);1H. The molecule has 0 aliphatic rings. The van der Waals surface area contributed by atoms with Crippen molar-refractivity contribution in [1.29, 1.82) is 0 Å². The summed E-state index contributed by atoms with van der Waals surface area (Å²) in [4.78, 5) is 8.53. The van der Waals surface area contributed by atoms with Crippen LogP contribution in [0.15, 0.2) is 50.5 Å². The Morgan fingerprint density at radius 2 is 2.18 bits per heavy atom. The van der Waals surface area contributed by atoms with Gasteiger partial charge in [-0.3, -0.25) is 10.1 Å². The molecule has 0 bridgehead atoms. The highest BCUT2D eigenvalue weighted by atomic mass is 127. The lowest BCUT2D eigenvalue weighted by molar-refractivity contribution is 0.577. The van der Waals surface area contributed by atoms with Crippen LogP contribution in [-0.2, 0) is 13.0 Å². The van der Waals surface area contributed by atoms with Gasteiger partial charge in [-0.1, -0.05) is 22.0 Å². The van der Waals surface area contributed by atoms with Crippen molar-refractivity contribution in [1.82, 2.24) is 25.8 Å². The number of aryl methyl sites for hydroxylation is 1. The monoisotopic (exact) mass is 562 g/mol. The topological polar surface area (TPSA) is 91.1 Å². The minimum absolute atomic E-state index is 0. The summed E-state index contributed by atoms with van der Waals surface area (Å²) in [7, 11) is 1.69. The molecule has 0 radical (unpaired) electrons. The van der Waals surface area contributed by atoms with E-state index >= 15 is 0 Å². The number of aliphatic imine (C=N–C) groups is 1. The van der Waals surface area contributed by atoms with Crippen molar-refractivity contribution in [2.75, 3.05) is 13.6 Å². The number of halogens is 3. The normalized spacial score (nSPS) is 11.2. The summed E-state index contributed by atoms with van der Waals surface area (Å²) in [5.41, 5.74) is 0.704. The van der Waals surface area contributed by atoms with E-state index in [9.17, 15) is 4.39 Å². The van der Waals surface area contributed by atoms with Crippen molar-refractivity contribution in [3.05, 3.63) is 58.3 Å². The molecule has 0 aliphatic heterocycles. The molecule has 150 valence electrons. The first-order chi connectivity index (χ1) is 13.2. The molecule has 0 atom stereocenters. The Kier molecular flexibility index (Phi) is 8.90. The second kappa shape index (κ2) is 11.1. The van der Waals surface area contributed by atoms with E-state index in [2.05, 4.69) is 46.7 Å². The second-order valence-corrected chi connectivity index (χ2v) is 6.69. The lowest BCUT2D eigenvalue weighted by atomic mass is 10.1. The molecule has 1 aromatic carbocycles. The molecule has 7 nitrogen and oxygen atoms in total. The predicted molar refractivity (Wildman–Crippen MR) is 120 cm³/mol. The zero-order chi connectivity index (χ0) is 19.1. The molecule has 0 saturated heterocycles. The first-order valence-corrected chi connectivity index (χ1v) is 9.28. The molecule has 3 rings (SSSR count). The van der Waals surface area contributed by atoms with E-state index in [-0.39, 0.29) is 29.8 Å². The van der Waals surface area contributed by atoms with E-state index in [0.29, 0.717) is 48.4 Å². The molecule has 0 aliphatic carbocycles. The average molecular weight is 563 g/mol. The molecule has 28 heavy (non-hydrogen) atoms. The highest BCUT2D eigenvalue weighted by Crippen LogP contribution is 2.16. The fraction of sp³-hybridized carbons (Fsp3) is 0.278. The molecule has 3 N–H and O–H groups in total. The van der Waals surface area contributed by atoms with Crippen LogP contribution in [0.5, 0.6) is 0 Å². The van der Waals surface area contributed by atoms with Gasteiger partial charge in [-0.15, -0.1) is 29.1 Å². The minimum Gasteiger partial charge on any atom is -0.461 e. The highest BCUT2D eigenvalue weighted by molar-refractivity contribution is 14.0. The first kappa shape index (κ1) is 22.3. The molecule has 10 heteroatoms. The molecule has 0 unspecified atom stereocenters. The van der Waals surface area contributed by atoms with E-state index in [1.807, 2.05) is 6.07 Å². The van der Waals surface area contributed by atoms with Gasteiger partial charge in [0, 0.05) is 18.1 Å². The van der Waals surface area contributed by atoms with E-state index in [4.69, 9.17) is 4.42 Å². The van der Waals surface area contributed by atoms with Gasteiger partial charge in [0.25, 0.3) is 0 Å². The Hall–Kier alpha value is -1.95. The summed E-state index contributed by atoms with van der Waals surface area (Å²) in [6.07, 6.45) is 3.01. The number of rotatable bonds is 7. The van der Waals surface area contributed by atoms with Gasteiger partial charge in [-0.05, 0) is 42.7 Å². The Bertz CT molecular complexity index is 899. The van der Waals surface area contributed by atoms with Crippen LogP contribution in [0.1, 0.15) is 17.8 Å². The molecule has 2 aromatic heterocycles. The quantitative estimate of drug-likeness (QED) is 0.176. The van der Waals surface area contributed by atoms with Crippen LogP contribution in [0.4, 0.5) is 4.39 Å². The Morgan fingerprint density at radius 3 is 2.89 bits per heavy atom. The van der Waals surface area contributed by atoms with Crippen LogP contribution >= 0.6 is 39.9 Å². The van der Waals surface area contributed by atoms with Crippen LogP contribution in [0.25, 0.3) is 11.6 Å². The average Bonchev–Trinajstić information content (AvgIpc) is 3.34. The van der Waals surface area contributed by atoms with Crippen molar-refractivity contribution < 1.29 is 8.81 Å². The fourth-order valence-corrected chi connectivity index (χ4v) is 2.82. The Balaban J connectivity index is 0.00000280. The maximum atomic E-state index is 13.8. The maximum absolute atomic E-state index is 13.8. The van der Waals surface area contributed by atoms with Gasteiger partial charge < -0.3 is 15.1 Å². The molecular formula is C18H21BrFIN6O. The molecule has 0 spiro atoms. The zero-order valence-electron chi connectivity index (χ0n) is 15.2. The SMILES string of the molecule is CN=C(NCCCc1ccc(Br)cc1F)NCc1nc(-c2ccco2)n[nH]1.I. The van der Waals surface area contributed by atoms with Gasteiger partial charge >= 0.3 is 0 Å². The summed E-state index contributed by atoms with van der Waals surface area (Å²) in [6, 6.07) is 8.72. The van der Waals surface area contributed by atoms with E-state index in [1.54, 1.807) is 31.5 Å². The van der Waals surface area contributed by atoms with Gasteiger partial charge in [0.15, 0.2) is 11.7 Å². The Morgan fingerprint density at radius 1 is 1.32 bits per heavy atom. The van der Waals surface area contributed by atoms with Crippen LogP contribution in [0, 0.1) is 5.82 Å². The zero-order valence-corrected chi connectivity index (χ0v) is 19.1. The first-order valence-electron chi connectivity index (χ1n) is 8.49. The van der Waals surface area contributed by atoms with Gasteiger partial charge in [-0.25, -0.2) is 9.37 Å². The molecule has 0 saturated carbocycles. The number of H-pyrrole nitrogens is 1. The number of hydrogen-bond acceptors (Lipinski definition) is 4.